The molecule has 1 amide bonds. The number of benzene rings is 2. The van der Waals surface area contributed by atoms with Gasteiger partial charge in [0.25, 0.3) is 5.91 Å². The Hall–Kier alpha value is -2.99. The zero-order valence-electron chi connectivity index (χ0n) is 13.3. The minimum Gasteiger partial charge on any atom is -0.340 e. The number of halogens is 2. The minimum absolute atomic E-state index is 0.173. The van der Waals surface area contributed by atoms with Crippen LogP contribution in [-0.2, 0) is 0 Å². The minimum atomic E-state index is -0.416. The van der Waals surface area contributed by atoms with Crippen LogP contribution < -0.4 is 10.6 Å². The van der Waals surface area contributed by atoms with Crippen molar-refractivity contribution in [2.45, 2.75) is 6.92 Å². The Labute approximate surface area is 148 Å². The first kappa shape index (κ1) is 16.9. The highest BCUT2D eigenvalue weighted by molar-refractivity contribution is 6.33. The number of hydrogen-bond donors (Lipinski definition) is 2. The molecule has 1 aromatic heterocycles. The lowest BCUT2D eigenvalue weighted by Crippen LogP contribution is -2.15. The Morgan fingerprint density at radius 1 is 1.08 bits per heavy atom. The van der Waals surface area contributed by atoms with Crippen LogP contribution in [0.15, 0.2) is 54.6 Å². The van der Waals surface area contributed by atoms with Gasteiger partial charge >= 0.3 is 0 Å². The second kappa shape index (κ2) is 7.27. The number of aryl methyl sites for hydroxylation is 1. The lowest BCUT2D eigenvalue weighted by molar-refractivity contribution is 0.102. The van der Waals surface area contributed by atoms with Crippen molar-refractivity contribution >= 4 is 34.7 Å². The third-order valence-electron chi connectivity index (χ3n) is 3.29. The molecule has 0 fully saturated rings. The van der Waals surface area contributed by atoms with Crippen molar-refractivity contribution in [3.05, 3.63) is 77.0 Å². The Bertz CT molecular complexity index is 932. The van der Waals surface area contributed by atoms with E-state index in [1.54, 1.807) is 43.3 Å². The number of rotatable bonds is 4. The molecule has 0 radical (unpaired) electrons. The average Bonchev–Trinajstić information content (AvgIpc) is 2.56. The lowest BCUT2D eigenvalue weighted by Gasteiger charge is -2.10. The van der Waals surface area contributed by atoms with Gasteiger partial charge in [0.2, 0.25) is 0 Å². The van der Waals surface area contributed by atoms with Crippen LogP contribution >= 0.6 is 11.6 Å². The highest BCUT2D eigenvalue weighted by Crippen LogP contribution is 2.22. The summed E-state index contributed by atoms with van der Waals surface area (Å²) in [5.74, 6) is 0.0153. The summed E-state index contributed by atoms with van der Waals surface area (Å²) >= 11 is 6.05. The first-order valence-corrected chi connectivity index (χ1v) is 7.83. The molecule has 3 aromatic rings. The molecule has 0 atom stereocenters. The number of carbonyl (C=O) groups is 1. The summed E-state index contributed by atoms with van der Waals surface area (Å²) < 4.78 is 13.3. The van der Waals surface area contributed by atoms with Crippen molar-refractivity contribution in [1.29, 1.82) is 0 Å². The van der Waals surface area contributed by atoms with Crippen LogP contribution in [0.2, 0.25) is 5.02 Å². The van der Waals surface area contributed by atoms with Gasteiger partial charge in [-0.25, -0.2) is 14.4 Å². The molecule has 0 bridgehead atoms. The van der Waals surface area contributed by atoms with E-state index in [0.717, 1.165) is 0 Å². The van der Waals surface area contributed by atoms with E-state index in [1.165, 1.54) is 18.2 Å². The third-order valence-corrected chi connectivity index (χ3v) is 3.62. The fourth-order valence-corrected chi connectivity index (χ4v) is 2.39. The van der Waals surface area contributed by atoms with Crippen LogP contribution in [-0.4, -0.2) is 15.9 Å². The van der Waals surface area contributed by atoms with Gasteiger partial charge < -0.3 is 10.6 Å². The summed E-state index contributed by atoms with van der Waals surface area (Å²) in [6, 6.07) is 14.4. The third kappa shape index (κ3) is 4.30. The molecule has 0 aliphatic rings. The number of para-hydroxylation sites is 1. The molecule has 5 nitrogen and oxygen atoms in total. The summed E-state index contributed by atoms with van der Waals surface area (Å²) in [6.45, 7) is 1.67. The van der Waals surface area contributed by atoms with E-state index in [0.29, 0.717) is 28.0 Å². The molecule has 126 valence electrons. The molecule has 0 saturated carbocycles. The number of anilines is 3. The van der Waals surface area contributed by atoms with Gasteiger partial charge in [0, 0.05) is 11.8 Å². The lowest BCUT2D eigenvalue weighted by atomic mass is 10.3. The van der Waals surface area contributed by atoms with E-state index in [-0.39, 0.29) is 11.5 Å². The Morgan fingerprint density at radius 2 is 1.88 bits per heavy atom. The molecule has 2 aromatic carbocycles. The van der Waals surface area contributed by atoms with Crippen LogP contribution in [0.3, 0.4) is 0 Å². The molecule has 0 aliphatic carbocycles. The zero-order chi connectivity index (χ0) is 17.8. The smallest absolute Gasteiger partial charge is 0.274 e. The Morgan fingerprint density at radius 3 is 2.64 bits per heavy atom. The first-order valence-electron chi connectivity index (χ1n) is 7.45. The molecule has 1 heterocycles. The van der Waals surface area contributed by atoms with Crippen LogP contribution in [0.5, 0.6) is 0 Å². The fraction of sp³-hybridized carbons (Fsp3) is 0.0556. The largest absolute Gasteiger partial charge is 0.340 e. The molecule has 0 unspecified atom stereocenters. The van der Waals surface area contributed by atoms with Crippen LogP contribution in [0.4, 0.5) is 21.6 Å². The van der Waals surface area contributed by atoms with Crippen molar-refractivity contribution in [1.82, 2.24) is 9.97 Å². The van der Waals surface area contributed by atoms with Gasteiger partial charge in [0.1, 0.15) is 23.2 Å². The second-order valence-electron chi connectivity index (χ2n) is 5.25. The monoisotopic (exact) mass is 356 g/mol. The summed E-state index contributed by atoms with van der Waals surface area (Å²) in [6.07, 6.45) is 0. The van der Waals surface area contributed by atoms with E-state index < -0.39 is 5.91 Å². The number of hydrogen-bond acceptors (Lipinski definition) is 4. The van der Waals surface area contributed by atoms with E-state index >= 15 is 0 Å². The van der Waals surface area contributed by atoms with E-state index in [1.807, 2.05) is 0 Å². The SMILES string of the molecule is Cc1nc(Nc2cccc(F)c2)cc(C(=O)Nc2ccccc2Cl)n1. The van der Waals surface area contributed by atoms with Crippen LogP contribution in [0.1, 0.15) is 16.3 Å². The molecule has 3 rings (SSSR count). The van der Waals surface area contributed by atoms with Gasteiger partial charge in [0.05, 0.1) is 10.7 Å². The van der Waals surface area contributed by atoms with Gasteiger partial charge in [-0.3, -0.25) is 4.79 Å². The number of nitrogens with one attached hydrogen (secondary N) is 2. The number of amides is 1. The standard InChI is InChI=1S/C18H14ClFN4O/c1-11-21-16(18(25)24-15-8-3-2-7-14(15)19)10-17(22-11)23-13-6-4-5-12(20)9-13/h2-10H,1H3,(H,24,25)(H,21,22,23). The van der Waals surface area contributed by atoms with E-state index in [9.17, 15) is 9.18 Å². The summed E-state index contributed by atoms with van der Waals surface area (Å²) in [4.78, 5) is 20.8. The van der Waals surface area contributed by atoms with Gasteiger partial charge in [-0.2, -0.15) is 0 Å². The molecule has 25 heavy (non-hydrogen) atoms. The van der Waals surface area contributed by atoms with Crippen molar-refractivity contribution in [3.63, 3.8) is 0 Å². The molecule has 2 N–H and O–H groups in total. The van der Waals surface area contributed by atoms with Gasteiger partial charge in [-0.05, 0) is 37.3 Å². The highest BCUT2D eigenvalue weighted by atomic mass is 35.5. The summed E-state index contributed by atoms with van der Waals surface area (Å²) in [7, 11) is 0. The van der Waals surface area contributed by atoms with Crippen LogP contribution in [0.25, 0.3) is 0 Å². The summed E-state index contributed by atoms with van der Waals surface area (Å²) in [5.41, 5.74) is 1.19. The predicted octanol–water partition coefficient (Wildman–Crippen LogP) is 4.57. The Balaban J connectivity index is 1.83. The molecule has 0 spiro atoms. The summed E-state index contributed by atoms with van der Waals surface area (Å²) in [5, 5.41) is 6.09. The van der Waals surface area contributed by atoms with E-state index in [4.69, 9.17) is 11.6 Å². The molecular weight excluding hydrogens is 343 g/mol. The Kier molecular flexibility index (Phi) is 4.90. The van der Waals surface area contributed by atoms with Gasteiger partial charge in [0.15, 0.2) is 0 Å². The van der Waals surface area contributed by atoms with E-state index in [2.05, 4.69) is 20.6 Å². The van der Waals surface area contributed by atoms with Gasteiger partial charge in [-0.1, -0.05) is 29.8 Å². The normalized spacial score (nSPS) is 10.4. The van der Waals surface area contributed by atoms with Crippen molar-refractivity contribution in [2.24, 2.45) is 0 Å². The van der Waals surface area contributed by atoms with Crippen molar-refractivity contribution < 1.29 is 9.18 Å². The number of aromatic nitrogens is 2. The average molecular weight is 357 g/mol. The molecule has 7 heteroatoms. The maximum absolute atomic E-state index is 13.3. The maximum Gasteiger partial charge on any atom is 0.274 e. The molecular formula is C18H14ClFN4O. The maximum atomic E-state index is 13.3. The second-order valence-corrected chi connectivity index (χ2v) is 5.66. The first-order chi connectivity index (χ1) is 12.0. The number of nitrogens with zero attached hydrogens (tertiary/aromatic N) is 2. The zero-order valence-corrected chi connectivity index (χ0v) is 14.0. The number of carbonyl (C=O) groups excluding carboxylic acids is 1. The molecule has 0 saturated heterocycles. The quantitative estimate of drug-likeness (QED) is 0.718. The highest BCUT2D eigenvalue weighted by Gasteiger charge is 2.12. The fourth-order valence-electron chi connectivity index (χ4n) is 2.21. The van der Waals surface area contributed by atoms with Crippen molar-refractivity contribution in [3.8, 4) is 0 Å². The topological polar surface area (TPSA) is 66.9 Å². The molecule has 0 aliphatic heterocycles. The van der Waals surface area contributed by atoms with Crippen LogP contribution in [0, 0.1) is 12.7 Å². The van der Waals surface area contributed by atoms with Crippen molar-refractivity contribution in [2.75, 3.05) is 10.6 Å². The van der Waals surface area contributed by atoms with Gasteiger partial charge in [-0.15, -0.1) is 0 Å². The predicted molar refractivity (Wildman–Crippen MR) is 95.9 cm³/mol.